The molecule has 0 spiro atoms. The molecule has 0 saturated heterocycles. The smallest absolute Gasteiger partial charge is 0.407 e. The van der Waals surface area contributed by atoms with E-state index in [-0.39, 0.29) is 18.9 Å². The van der Waals surface area contributed by atoms with E-state index < -0.39 is 11.7 Å². The second-order valence-corrected chi connectivity index (χ2v) is 6.83. The highest BCUT2D eigenvalue weighted by Gasteiger charge is 2.15. The van der Waals surface area contributed by atoms with Gasteiger partial charge in [-0.15, -0.1) is 0 Å². The van der Waals surface area contributed by atoms with Gasteiger partial charge in [0.25, 0.3) is 0 Å². The largest absolute Gasteiger partial charge is 0.504 e. The molecule has 0 aliphatic rings. The summed E-state index contributed by atoms with van der Waals surface area (Å²) >= 11 is 0. The Hall–Kier alpha value is -2.69. The normalized spacial score (nSPS) is 11.0. The van der Waals surface area contributed by atoms with Gasteiger partial charge in [0.2, 0.25) is 0 Å². The Balaban J connectivity index is 1.87. The first-order chi connectivity index (χ1) is 11.7. The first-order valence-electron chi connectivity index (χ1n) is 8.24. The summed E-state index contributed by atoms with van der Waals surface area (Å²) in [5.74, 6) is 0.442. The summed E-state index contributed by atoms with van der Waals surface area (Å²) in [5.41, 5.74) is 2.59. The third-order valence-electron chi connectivity index (χ3n) is 3.37. The Morgan fingerprint density at radius 2 is 1.72 bits per heavy atom. The molecule has 0 aromatic heterocycles. The van der Waals surface area contributed by atoms with Crippen molar-refractivity contribution in [3.05, 3.63) is 48.0 Å². The van der Waals surface area contributed by atoms with E-state index in [0.717, 1.165) is 11.1 Å². The molecular weight excluding hydrogens is 318 g/mol. The number of ether oxygens (including phenoxy) is 2. The highest BCUT2D eigenvalue weighted by atomic mass is 16.6. The van der Waals surface area contributed by atoms with Crippen LogP contribution in [0.3, 0.4) is 0 Å². The molecule has 2 aromatic carbocycles. The maximum absolute atomic E-state index is 11.5. The third kappa shape index (κ3) is 6.03. The molecule has 0 heterocycles. The number of amides is 1. The molecule has 0 aliphatic carbocycles. The quantitative estimate of drug-likeness (QED) is 0.796. The Kier molecular flexibility index (Phi) is 5.91. The maximum atomic E-state index is 11.5. The van der Waals surface area contributed by atoms with Crippen molar-refractivity contribution in [2.75, 3.05) is 13.2 Å². The number of hydrogen-bond donors (Lipinski definition) is 2. The highest BCUT2D eigenvalue weighted by Crippen LogP contribution is 2.31. The van der Waals surface area contributed by atoms with Gasteiger partial charge in [-0.3, -0.25) is 0 Å². The minimum absolute atomic E-state index is 0.0651. The van der Waals surface area contributed by atoms with Crippen molar-refractivity contribution in [3.63, 3.8) is 0 Å². The summed E-state index contributed by atoms with van der Waals surface area (Å²) in [6.07, 6.45) is -0.491. The second-order valence-electron chi connectivity index (χ2n) is 6.83. The minimum Gasteiger partial charge on any atom is -0.504 e. The van der Waals surface area contributed by atoms with Crippen LogP contribution in [0.1, 0.15) is 26.3 Å². The average molecular weight is 343 g/mol. The van der Waals surface area contributed by atoms with Gasteiger partial charge in [-0.25, -0.2) is 4.79 Å². The van der Waals surface area contributed by atoms with Crippen molar-refractivity contribution in [1.29, 1.82) is 0 Å². The lowest BCUT2D eigenvalue weighted by atomic mass is 10.0. The standard InChI is InChI=1S/C20H25NO4/c1-14-5-7-15(8-6-14)16-9-10-18(17(22)13-16)24-12-11-21-19(23)25-20(2,3)4/h5-10,13,22H,11-12H2,1-4H3,(H,21,23). The fourth-order valence-corrected chi connectivity index (χ4v) is 2.19. The highest BCUT2D eigenvalue weighted by molar-refractivity contribution is 5.68. The van der Waals surface area contributed by atoms with Gasteiger partial charge in [-0.05, 0) is 51.0 Å². The molecule has 0 aliphatic heterocycles. The van der Waals surface area contributed by atoms with Crippen molar-refractivity contribution < 1.29 is 19.4 Å². The summed E-state index contributed by atoms with van der Waals surface area (Å²) in [7, 11) is 0. The zero-order valence-electron chi connectivity index (χ0n) is 15.1. The molecule has 5 heteroatoms. The number of hydrogen-bond acceptors (Lipinski definition) is 4. The average Bonchev–Trinajstić information content (AvgIpc) is 2.52. The van der Waals surface area contributed by atoms with E-state index in [1.54, 1.807) is 32.9 Å². The molecule has 0 saturated carbocycles. The van der Waals surface area contributed by atoms with Crippen LogP contribution in [-0.2, 0) is 4.74 Å². The molecule has 0 bridgehead atoms. The molecule has 2 N–H and O–H groups in total. The van der Waals surface area contributed by atoms with Crippen molar-refractivity contribution in [1.82, 2.24) is 5.32 Å². The molecule has 0 atom stereocenters. The SMILES string of the molecule is Cc1ccc(-c2ccc(OCCNC(=O)OC(C)(C)C)c(O)c2)cc1. The molecule has 0 fully saturated rings. The van der Waals surface area contributed by atoms with E-state index in [9.17, 15) is 9.90 Å². The first-order valence-corrected chi connectivity index (χ1v) is 8.24. The number of carbonyl (C=O) groups excluding carboxylic acids is 1. The predicted molar refractivity (Wildman–Crippen MR) is 98.0 cm³/mol. The van der Waals surface area contributed by atoms with Crippen LogP contribution in [0.25, 0.3) is 11.1 Å². The number of rotatable bonds is 5. The Labute approximate surface area is 148 Å². The first kappa shape index (κ1) is 18.6. The summed E-state index contributed by atoms with van der Waals surface area (Å²) < 4.78 is 10.6. The Morgan fingerprint density at radius 1 is 1.08 bits per heavy atom. The topological polar surface area (TPSA) is 67.8 Å². The predicted octanol–water partition coefficient (Wildman–Crippen LogP) is 4.27. The van der Waals surface area contributed by atoms with Crippen LogP contribution in [0.15, 0.2) is 42.5 Å². The van der Waals surface area contributed by atoms with Crippen LogP contribution in [0.5, 0.6) is 11.5 Å². The van der Waals surface area contributed by atoms with Gasteiger partial charge in [0.05, 0.1) is 6.54 Å². The van der Waals surface area contributed by atoms with E-state index in [1.165, 1.54) is 5.56 Å². The van der Waals surface area contributed by atoms with Gasteiger partial charge >= 0.3 is 6.09 Å². The molecule has 1 amide bonds. The van der Waals surface area contributed by atoms with Gasteiger partial charge in [-0.1, -0.05) is 35.9 Å². The van der Waals surface area contributed by atoms with Crippen molar-refractivity contribution in [3.8, 4) is 22.6 Å². The molecule has 2 aromatic rings. The van der Waals surface area contributed by atoms with Gasteiger partial charge in [0.1, 0.15) is 12.2 Å². The summed E-state index contributed by atoms with van der Waals surface area (Å²) in [6, 6.07) is 13.4. The lowest BCUT2D eigenvalue weighted by molar-refractivity contribution is 0.0520. The van der Waals surface area contributed by atoms with Crippen LogP contribution >= 0.6 is 0 Å². The van der Waals surface area contributed by atoms with Gasteiger partial charge in [0, 0.05) is 0 Å². The number of alkyl carbamates (subject to hydrolysis) is 1. The van der Waals surface area contributed by atoms with Gasteiger partial charge < -0.3 is 19.9 Å². The number of aromatic hydroxyl groups is 1. The number of aryl methyl sites for hydroxylation is 1. The van der Waals surface area contributed by atoms with Crippen LogP contribution in [0.4, 0.5) is 4.79 Å². The van der Waals surface area contributed by atoms with Crippen LogP contribution < -0.4 is 10.1 Å². The van der Waals surface area contributed by atoms with E-state index >= 15 is 0 Å². The molecule has 134 valence electrons. The maximum Gasteiger partial charge on any atom is 0.407 e. The molecule has 25 heavy (non-hydrogen) atoms. The monoisotopic (exact) mass is 343 g/mol. The lowest BCUT2D eigenvalue weighted by Gasteiger charge is -2.19. The van der Waals surface area contributed by atoms with E-state index in [4.69, 9.17) is 9.47 Å². The fourth-order valence-electron chi connectivity index (χ4n) is 2.19. The molecular formula is C20H25NO4. The zero-order valence-corrected chi connectivity index (χ0v) is 15.1. The summed E-state index contributed by atoms with van der Waals surface area (Å²) in [4.78, 5) is 11.5. The third-order valence-corrected chi connectivity index (χ3v) is 3.37. The van der Waals surface area contributed by atoms with E-state index in [1.807, 2.05) is 37.3 Å². The number of phenolic OH excluding ortho intramolecular Hbond substituents is 1. The minimum atomic E-state index is -0.533. The second kappa shape index (κ2) is 7.92. The summed E-state index contributed by atoms with van der Waals surface area (Å²) in [6.45, 7) is 7.96. The molecule has 2 rings (SSSR count). The van der Waals surface area contributed by atoms with Gasteiger partial charge in [0.15, 0.2) is 11.5 Å². The summed E-state index contributed by atoms with van der Waals surface area (Å²) in [5, 5.41) is 12.7. The molecule has 5 nitrogen and oxygen atoms in total. The van der Waals surface area contributed by atoms with Crippen LogP contribution in [0, 0.1) is 6.92 Å². The van der Waals surface area contributed by atoms with Crippen LogP contribution in [-0.4, -0.2) is 30.0 Å². The Morgan fingerprint density at radius 3 is 2.32 bits per heavy atom. The zero-order chi connectivity index (χ0) is 18.4. The fraction of sp³-hybridized carbons (Fsp3) is 0.350. The molecule has 0 radical (unpaired) electrons. The number of benzene rings is 2. The van der Waals surface area contributed by atoms with Crippen molar-refractivity contribution in [2.24, 2.45) is 0 Å². The van der Waals surface area contributed by atoms with E-state index in [0.29, 0.717) is 5.75 Å². The Bertz CT molecular complexity index is 717. The molecule has 0 unspecified atom stereocenters. The van der Waals surface area contributed by atoms with Crippen molar-refractivity contribution >= 4 is 6.09 Å². The van der Waals surface area contributed by atoms with Gasteiger partial charge in [-0.2, -0.15) is 0 Å². The number of phenols is 1. The number of carbonyl (C=O) groups is 1. The van der Waals surface area contributed by atoms with E-state index in [2.05, 4.69) is 5.32 Å². The lowest BCUT2D eigenvalue weighted by Crippen LogP contribution is -2.34. The van der Waals surface area contributed by atoms with Crippen LogP contribution in [0.2, 0.25) is 0 Å². The van der Waals surface area contributed by atoms with Crippen molar-refractivity contribution in [2.45, 2.75) is 33.3 Å². The number of nitrogens with one attached hydrogen (secondary N) is 1.